The van der Waals surface area contributed by atoms with Crippen LogP contribution in [0.1, 0.15) is 20.7 Å². The first-order valence-electron chi connectivity index (χ1n) is 7.97. The fourth-order valence-electron chi connectivity index (χ4n) is 2.41. The molecule has 0 aliphatic rings. The van der Waals surface area contributed by atoms with E-state index in [4.69, 9.17) is 11.6 Å². The van der Waals surface area contributed by atoms with Gasteiger partial charge in [0.1, 0.15) is 0 Å². The van der Waals surface area contributed by atoms with Crippen LogP contribution < -0.4 is 10.6 Å². The predicted molar refractivity (Wildman–Crippen MR) is 138 cm³/mol. The molecule has 3 rings (SSSR count). The zero-order valence-corrected chi connectivity index (χ0v) is 21.3. The number of hydrogen-bond donors (Lipinski definition) is 2. The van der Waals surface area contributed by atoms with E-state index in [9.17, 15) is 9.59 Å². The number of rotatable bonds is 4. The summed E-state index contributed by atoms with van der Waals surface area (Å²) in [6.07, 6.45) is 0. The van der Waals surface area contributed by atoms with Crippen LogP contribution in [0.25, 0.3) is 0 Å². The molecule has 0 saturated carbocycles. The van der Waals surface area contributed by atoms with Gasteiger partial charge in [-0.1, -0.05) is 29.8 Å². The lowest BCUT2D eigenvalue weighted by Gasteiger charge is -2.11. The molecular weight excluding hydrogens is 716 g/mol. The Hall–Kier alpha value is -0.920. The van der Waals surface area contributed by atoms with Gasteiger partial charge in [-0.05, 0) is 110 Å². The Kier molecular flexibility index (Phi) is 7.56. The molecule has 2 amide bonds. The van der Waals surface area contributed by atoms with Crippen molar-refractivity contribution in [3.05, 3.63) is 87.5 Å². The minimum Gasteiger partial charge on any atom is -0.322 e. The number of nitrogens with one attached hydrogen (secondary N) is 2. The zero-order valence-electron chi connectivity index (χ0n) is 14.1. The molecule has 0 saturated heterocycles. The molecule has 2 N–H and O–H groups in total. The fourth-order valence-corrected chi connectivity index (χ4v) is 5.00. The Labute approximate surface area is 208 Å². The molecule has 3 aromatic rings. The maximum absolute atomic E-state index is 12.7. The molecule has 0 heterocycles. The first-order valence-corrected chi connectivity index (χ1v) is 11.6. The molecule has 28 heavy (non-hydrogen) atoms. The van der Waals surface area contributed by atoms with Crippen LogP contribution in [-0.2, 0) is 0 Å². The Morgan fingerprint density at radius 2 is 1.57 bits per heavy atom. The van der Waals surface area contributed by atoms with Crippen LogP contribution in [0.15, 0.2) is 60.7 Å². The lowest BCUT2D eigenvalue weighted by atomic mass is 10.1. The van der Waals surface area contributed by atoms with E-state index in [1.807, 2.05) is 12.1 Å². The number of carbonyl (C=O) groups is 2. The summed E-state index contributed by atoms with van der Waals surface area (Å²) >= 11 is 12.7. The van der Waals surface area contributed by atoms with Crippen LogP contribution >= 0.6 is 79.4 Å². The standard InChI is InChI=1S/C20H12ClI3N2O2/c21-15-6-1-2-7-17(15)26-19(27)11-4-3-5-13(8-11)25-20(28)14-9-12(22)10-16(23)18(14)24/h1-10H,(H,25,28)(H,26,27). The molecule has 0 bridgehead atoms. The number of carbonyl (C=O) groups excluding carboxylic acids is 2. The second-order valence-electron chi connectivity index (χ2n) is 5.72. The Morgan fingerprint density at radius 3 is 2.32 bits per heavy atom. The van der Waals surface area contributed by atoms with Gasteiger partial charge in [0, 0.05) is 22.0 Å². The molecule has 8 heteroatoms. The topological polar surface area (TPSA) is 58.2 Å². The maximum atomic E-state index is 12.7. The monoisotopic (exact) mass is 728 g/mol. The molecular formula is C20H12ClI3N2O2. The quantitative estimate of drug-likeness (QED) is 0.234. The van der Waals surface area contributed by atoms with Crippen molar-refractivity contribution in [1.82, 2.24) is 0 Å². The van der Waals surface area contributed by atoms with Gasteiger partial charge in [0.05, 0.1) is 16.3 Å². The van der Waals surface area contributed by atoms with Gasteiger partial charge in [0.2, 0.25) is 0 Å². The Balaban J connectivity index is 1.79. The number of para-hydroxylation sites is 1. The van der Waals surface area contributed by atoms with E-state index in [2.05, 4.69) is 78.4 Å². The average Bonchev–Trinajstić information content (AvgIpc) is 2.66. The number of amides is 2. The van der Waals surface area contributed by atoms with Gasteiger partial charge in [-0.2, -0.15) is 0 Å². The second-order valence-corrected chi connectivity index (χ2v) is 9.61. The van der Waals surface area contributed by atoms with Crippen molar-refractivity contribution in [2.75, 3.05) is 10.6 Å². The average molecular weight is 728 g/mol. The molecule has 0 radical (unpaired) electrons. The van der Waals surface area contributed by atoms with Crippen LogP contribution in [0.4, 0.5) is 11.4 Å². The summed E-state index contributed by atoms with van der Waals surface area (Å²) in [6.45, 7) is 0. The highest BCUT2D eigenvalue weighted by Crippen LogP contribution is 2.25. The molecule has 0 aliphatic carbocycles. The number of hydrogen-bond acceptors (Lipinski definition) is 2. The minimum absolute atomic E-state index is 0.218. The maximum Gasteiger partial charge on any atom is 0.256 e. The summed E-state index contributed by atoms with van der Waals surface area (Å²) in [5.74, 6) is -0.521. The third-order valence-electron chi connectivity index (χ3n) is 3.74. The van der Waals surface area contributed by atoms with Crippen LogP contribution in [0.2, 0.25) is 5.02 Å². The molecule has 0 fully saturated rings. The summed E-state index contributed by atoms with van der Waals surface area (Å²) < 4.78 is 2.90. The normalized spacial score (nSPS) is 10.4. The largest absolute Gasteiger partial charge is 0.322 e. The molecule has 0 unspecified atom stereocenters. The first-order chi connectivity index (χ1) is 13.3. The molecule has 0 aromatic heterocycles. The Bertz CT molecular complexity index is 1070. The lowest BCUT2D eigenvalue weighted by Crippen LogP contribution is -2.16. The molecule has 4 nitrogen and oxygen atoms in total. The molecule has 3 aromatic carbocycles. The van der Waals surface area contributed by atoms with Crippen LogP contribution in [0.5, 0.6) is 0 Å². The van der Waals surface area contributed by atoms with Crippen molar-refractivity contribution in [2.24, 2.45) is 0 Å². The van der Waals surface area contributed by atoms with Gasteiger partial charge in [-0.25, -0.2) is 0 Å². The minimum atomic E-state index is -0.303. The molecule has 0 atom stereocenters. The highest BCUT2D eigenvalue weighted by Gasteiger charge is 2.15. The smallest absolute Gasteiger partial charge is 0.256 e. The third kappa shape index (κ3) is 5.36. The van der Waals surface area contributed by atoms with Gasteiger partial charge in [0.25, 0.3) is 11.8 Å². The van der Waals surface area contributed by atoms with E-state index >= 15 is 0 Å². The fraction of sp³-hybridized carbons (Fsp3) is 0. The Morgan fingerprint density at radius 1 is 0.821 bits per heavy atom. The van der Waals surface area contributed by atoms with Crippen molar-refractivity contribution in [1.29, 1.82) is 0 Å². The summed E-state index contributed by atoms with van der Waals surface area (Å²) in [6, 6.07) is 17.7. The lowest BCUT2D eigenvalue weighted by molar-refractivity contribution is 0.101. The van der Waals surface area contributed by atoms with Gasteiger partial charge in [0.15, 0.2) is 0 Å². The van der Waals surface area contributed by atoms with Crippen molar-refractivity contribution < 1.29 is 9.59 Å². The highest BCUT2D eigenvalue weighted by molar-refractivity contribution is 14.1. The van der Waals surface area contributed by atoms with Gasteiger partial charge >= 0.3 is 0 Å². The van der Waals surface area contributed by atoms with Crippen LogP contribution in [-0.4, -0.2) is 11.8 Å². The molecule has 0 spiro atoms. The predicted octanol–water partition coefficient (Wildman–Crippen LogP) is 6.66. The van der Waals surface area contributed by atoms with Crippen molar-refractivity contribution in [2.45, 2.75) is 0 Å². The number of anilines is 2. The number of halogens is 4. The van der Waals surface area contributed by atoms with Crippen LogP contribution in [0, 0.1) is 10.7 Å². The van der Waals surface area contributed by atoms with Crippen molar-refractivity contribution in [3.63, 3.8) is 0 Å². The highest BCUT2D eigenvalue weighted by atomic mass is 127. The zero-order chi connectivity index (χ0) is 20.3. The third-order valence-corrected chi connectivity index (χ3v) is 7.74. The van der Waals surface area contributed by atoms with Crippen molar-refractivity contribution >= 4 is 103 Å². The first kappa shape index (κ1) is 21.8. The van der Waals surface area contributed by atoms with Crippen LogP contribution in [0.3, 0.4) is 0 Å². The van der Waals surface area contributed by atoms with E-state index in [1.165, 1.54) is 0 Å². The number of benzene rings is 3. The summed E-state index contributed by atoms with van der Waals surface area (Å²) in [5, 5.41) is 6.10. The van der Waals surface area contributed by atoms with E-state index in [-0.39, 0.29) is 11.8 Å². The van der Waals surface area contributed by atoms with Gasteiger partial charge in [-0.3, -0.25) is 9.59 Å². The van der Waals surface area contributed by atoms with E-state index in [1.54, 1.807) is 48.5 Å². The molecule has 142 valence electrons. The van der Waals surface area contributed by atoms with E-state index < -0.39 is 0 Å². The summed E-state index contributed by atoms with van der Waals surface area (Å²) in [7, 11) is 0. The van der Waals surface area contributed by atoms with Crippen molar-refractivity contribution in [3.8, 4) is 0 Å². The SMILES string of the molecule is O=C(Nc1ccccc1Cl)c1cccc(NC(=O)c2cc(I)cc(I)c2I)c1. The van der Waals surface area contributed by atoms with Gasteiger partial charge in [-0.15, -0.1) is 0 Å². The van der Waals surface area contributed by atoms with Gasteiger partial charge < -0.3 is 10.6 Å². The van der Waals surface area contributed by atoms with E-state index in [0.717, 1.165) is 10.7 Å². The summed E-state index contributed by atoms with van der Waals surface area (Å²) in [5.41, 5.74) is 2.10. The second kappa shape index (κ2) is 9.72. The van der Waals surface area contributed by atoms with E-state index in [0.29, 0.717) is 27.5 Å². The summed E-state index contributed by atoms with van der Waals surface area (Å²) in [4.78, 5) is 25.2. The molecule has 0 aliphatic heterocycles.